The number of nitrogens with zero attached hydrogens (tertiary/aromatic N) is 1. The number of nitrogens with one attached hydrogen (secondary N) is 3. The van der Waals surface area contributed by atoms with Gasteiger partial charge >= 0.3 is 4.87 Å². The molecule has 10 heteroatoms. The van der Waals surface area contributed by atoms with Crippen LogP contribution in [0.15, 0.2) is 41.2 Å². The lowest BCUT2D eigenvalue weighted by atomic mass is 9.91. The summed E-state index contributed by atoms with van der Waals surface area (Å²) in [5.41, 5.74) is 3.89. The largest absolute Gasteiger partial charge is 0.506 e. The minimum Gasteiger partial charge on any atom is -0.506 e. The number of halogens is 2. The number of aromatic nitrogens is 1. The molecule has 1 amide bonds. The average molecular weight is 561 g/mol. The number of aryl methyl sites for hydroxylation is 1. The number of amides is 1. The molecule has 1 heterocycles. The van der Waals surface area contributed by atoms with E-state index in [1.807, 2.05) is 12.1 Å². The topological polar surface area (TPSA) is 97.5 Å². The predicted octanol–water partition coefficient (Wildman–Crippen LogP) is 4.36. The van der Waals surface area contributed by atoms with E-state index >= 15 is 0 Å². The van der Waals surface area contributed by atoms with Crippen LogP contribution in [-0.4, -0.2) is 65.6 Å². The Hall–Kier alpha value is -2.82. The van der Waals surface area contributed by atoms with Gasteiger partial charge in [0, 0.05) is 44.9 Å². The Morgan fingerprint density at radius 2 is 1.85 bits per heavy atom. The number of rotatable bonds is 13. The normalized spacial score (nSPS) is 15.6. The van der Waals surface area contributed by atoms with Crippen molar-refractivity contribution in [1.29, 1.82) is 0 Å². The third-order valence-corrected chi connectivity index (χ3v) is 8.33. The van der Waals surface area contributed by atoms with Gasteiger partial charge in [-0.25, -0.2) is 8.78 Å². The molecule has 1 fully saturated rings. The first-order valence-electron chi connectivity index (χ1n) is 13.7. The van der Waals surface area contributed by atoms with Gasteiger partial charge in [0.25, 0.3) is 0 Å². The molecule has 0 saturated heterocycles. The molecular weight excluding hydrogens is 522 g/mol. The van der Waals surface area contributed by atoms with Gasteiger partial charge in [0.1, 0.15) is 11.3 Å². The monoisotopic (exact) mass is 560 g/mol. The predicted molar refractivity (Wildman–Crippen MR) is 152 cm³/mol. The lowest BCUT2D eigenvalue weighted by Gasteiger charge is -2.37. The van der Waals surface area contributed by atoms with Gasteiger partial charge in [-0.15, -0.1) is 0 Å². The third-order valence-electron chi connectivity index (χ3n) is 7.38. The van der Waals surface area contributed by atoms with Crippen LogP contribution in [-0.2, 0) is 17.6 Å². The summed E-state index contributed by atoms with van der Waals surface area (Å²) in [5.74, 6) is -2.59. The van der Waals surface area contributed by atoms with Gasteiger partial charge in [-0.1, -0.05) is 47.2 Å². The number of carbonyl (C=O) groups excluding carboxylic acids is 1. The molecule has 39 heavy (non-hydrogen) atoms. The number of benzene rings is 2. The fraction of sp³-hybridized carbons (Fsp3) is 0.517. The highest BCUT2D eigenvalue weighted by atomic mass is 32.1. The molecule has 1 aliphatic rings. The van der Waals surface area contributed by atoms with Crippen LogP contribution in [0, 0.1) is 6.92 Å². The molecule has 0 atom stereocenters. The second kappa shape index (κ2) is 13.5. The van der Waals surface area contributed by atoms with Crippen LogP contribution in [0.4, 0.5) is 8.78 Å². The molecule has 1 aliphatic carbocycles. The molecule has 0 bridgehead atoms. The van der Waals surface area contributed by atoms with E-state index in [0.717, 1.165) is 34.6 Å². The lowest BCUT2D eigenvalue weighted by molar-refractivity contribution is -0.136. The number of aromatic amines is 1. The fourth-order valence-electron chi connectivity index (χ4n) is 5.23. The molecule has 1 aromatic heterocycles. The standard InChI is InChI=1S/C29H38F2N4O3S/c1-20-3-2-4-21(19-20)9-14-32-16-11-25(37)35(23-7-12-29(30,31)13-8-23)18-17-33-15-10-22-5-6-24(36)26-27(22)39-28(38)34-26/h2-6,19,23,32-33,36H,7-18H2,1H3,(H,34,38). The molecule has 7 nitrogen and oxygen atoms in total. The zero-order chi connectivity index (χ0) is 27.8. The van der Waals surface area contributed by atoms with Crippen LogP contribution in [0.25, 0.3) is 10.2 Å². The Morgan fingerprint density at radius 3 is 2.62 bits per heavy atom. The summed E-state index contributed by atoms with van der Waals surface area (Å²) in [6.07, 6.45) is 2.14. The summed E-state index contributed by atoms with van der Waals surface area (Å²) < 4.78 is 28.3. The summed E-state index contributed by atoms with van der Waals surface area (Å²) in [6.45, 7) is 5.02. The maximum atomic E-state index is 13.8. The fourth-order valence-corrected chi connectivity index (χ4v) is 6.13. The summed E-state index contributed by atoms with van der Waals surface area (Å²) in [4.78, 5) is 29.1. The zero-order valence-corrected chi connectivity index (χ0v) is 23.2. The number of alkyl halides is 2. The van der Waals surface area contributed by atoms with Crippen molar-refractivity contribution < 1.29 is 18.7 Å². The minimum absolute atomic E-state index is 0.00703. The summed E-state index contributed by atoms with van der Waals surface area (Å²) >= 11 is 1.08. The lowest BCUT2D eigenvalue weighted by Crippen LogP contribution is -2.47. The molecule has 0 unspecified atom stereocenters. The van der Waals surface area contributed by atoms with Crippen molar-refractivity contribution in [3.05, 3.63) is 62.8 Å². The number of phenols is 1. The van der Waals surface area contributed by atoms with Crippen molar-refractivity contribution in [2.45, 2.75) is 63.8 Å². The molecule has 2 aromatic carbocycles. The summed E-state index contributed by atoms with van der Waals surface area (Å²) in [6, 6.07) is 11.6. The van der Waals surface area contributed by atoms with Gasteiger partial charge < -0.3 is 25.6 Å². The number of aromatic hydroxyl groups is 1. The van der Waals surface area contributed by atoms with Crippen molar-refractivity contribution in [2.24, 2.45) is 0 Å². The van der Waals surface area contributed by atoms with E-state index in [2.05, 4.69) is 40.7 Å². The molecule has 1 saturated carbocycles. The van der Waals surface area contributed by atoms with Gasteiger partial charge in [-0.05, 0) is 62.9 Å². The average Bonchev–Trinajstić information content (AvgIpc) is 3.30. The number of H-pyrrole nitrogens is 1. The van der Waals surface area contributed by atoms with Crippen LogP contribution in [0.3, 0.4) is 0 Å². The second-order valence-electron chi connectivity index (χ2n) is 10.4. The van der Waals surface area contributed by atoms with E-state index in [1.54, 1.807) is 11.0 Å². The Morgan fingerprint density at radius 1 is 1.10 bits per heavy atom. The Kier molecular flexibility index (Phi) is 10.1. The maximum Gasteiger partial charge on any atom is 0.305 e. The number of fused-ring (bicyclic) bond motifs is 1. The highest BCUT2D eigenvalue weighted by Gasteiger charge is 2.37. The van der Waals surface area contributed by atoms with Crippen molar-refractivity contribution in [3.63, 3.8) is 0 Å². The third kappa shape index (κ3) is 8.33. The number of carbonyl (C=O) groups is 1. The zero-order valence-electron chi connectivity index (χ0n) is 22.4. The van der Waals surface area contributed by atoms with Gasteiger partial charge in [-0.3, -0.25) is 9.59 Å². The van der Waals surface area contributed by atoms with Gasteiger partial charge in [-0.2, -0.15) is 0 Å². The smallest absolute Gasteiger partial charge is 0.305 e. The molecule has 4 rings (SSSR count). The SMILES string of the molecule is Cc1cccc(CCNCCC(=O)N(CCNCCc2ccc(O)c3[nH]c(=O)sc23)C2CCC(F)(F)CC2)c1. The molecule has 4 N–H and O–H groups in total. The van der Waals surface area contributed by atoms with Crippen LogP contribution < -0.4 is 15.5 Å². The van der Waals surface area contributed by atoms with Crippen molar-refractivity contribution in [3.8, 4) is 5.75 Å². The van der Waals surface area contributed by atoms with Crippen LogP contribution in [0.5, 0.6) is 5.75 Å². The molecule has 0 aliphatic heterocycles. The molecule has 0 spiro atoms. The van der Waals surface area contributed by atoms with E-state index in [4.69, 9.17) is 0 Å². The first-order valence-corrected chi connectivity index (χ1v) is 14.5. The quantitative estimate of drug-likeness (QED) is 0.233. The Balaban J connectivity index is 1.25. The van der Waals surface area contributed by atoms with Gasteiger partial charge in [0.15, 0.2) is 0 Å². The van der Waals surface area contributed by atoms with Crippen LogP contribution in [0.1, 0.15) is 48.8 Å². The van der Waals surface area contributed by atoms with E-state index in [-0.39, 0.29) is 35.4 Å². The molecule has 212 valence electrons. The number of thiazole rings is 1. The minimum atomic E-state index is -2.64. The molecular formula is C29H38F2N4O3S. The van der Waals surface area contributed by atoms with Gasteiger partial charge in [0.2, 0.25) is 11.8 Å². The summed E-state index contributed by atoms with van der Waals surface area (Å²) in [5, 5.41) is 16.7. The maximum absolute atomic E-state index is 13.8. The van der Waals surface area contributed by atoms with Crippen molar-refractivity contribution in [1.82, 2.24) is 20.5 Å². The number of hydrogen-bond donors (Lipinski definition) is 4. The second-order valence-corrected chi connectivity index (χ2v) is 11.4. The first-order chi connectivity index (χ1) is 18.7. The van der Waals surface area contributed by atoms with Crippen molar-refractivity contribution in [2.75, 3.05) is 32.7 Å². The van der Waals surface area contributed by atoms with Crippen LogP contribution in [0.2, 0.25) is 0 Å². The van der Waals surface area contributed by atoms with E-state index in [9.17, 15) is 23.5 Å². The first kappa shape index (κ1) is 29.2. The van der Waals surface area contributed by atoms with Crippen molar-refractivity contribution >= 4 is 27.5 Å². The van der Waals surface area contributed by atoms with Gasteiger partial charge in [0.05, 0.1) is 4.70 Å². The van der Waals surface area contributed by atoms with E-state index < -0.39 is 5.92 Å². The molecule has 3 aromatic rings. The highest BCUT2D eigenvalue weighted by Crippen LogP contribution is 2.35. The molecule has 0 radical (unpaired) electrons. The number of hydrogen-bond acceptors (Lipinski definition) is 6. The Bertz CT molecular complexity index is 1300. The van der Waals surface area contributed by atoms with Crippen LogP contribution >= 0.6 is 11.3 Å². The summed E-state index contributed by atoms with van der Waals surface area (Å²) in [7, 11) is 0. The number of phenolic OH excluding ortho intramolecular Hbond substituents is 1. The Labute approximate surface area is 231 Å². The highest BCUT2D eigenvalue weighted by molar-refractivity contribution is 7.16. The van der Waals surface area contributed by atoms with E-state index in [0.29, 0.717) is 57.4 Å². The van der Waals surface area contributed by atoms with E-state index in [1.165, 1.54) is 11.1 Å².